The summed E-state index contributed by atoms with van der Waals surface area (Å²) in [6.45, 7) is 2.17. The van der Waals surface area contributed by atoms with Gasteiger partial charge in [-0.25, -0.2) is 0 Å². The Balaban J connectivity index is 1.71. The average Bonchev–Trinajstić information content (AvgIpc) is 2.52. The minimum atomic E-state index is 0.477. The summed E-state index contributed by atoms with van der Waals surface area (Å²) in [4.78, 5) is 0. The van der Waals surface area contributed by atoms with Gasteiger partial charge in [-0.15, -0.1) is 0 Å². The van der Waals surface area contributed by atoms with Crippen LogP contribution in [-0.4, -0.2) is 12.3 Å². The highest BCUT2D eigenvalue weighted by Crippen LogP contribution is 2.37. The van der Waals surface area contributed by atoms with Gasteiger partial charge in [0.2, 0.25) is 0 Å². The summed E-state index contributed by atoms with van der Waals surface area (Å²) in [5, 5.41) is 4.19. The van der Waals surface area contributed by atoms with Gasteiger partial charge >= 0.3 is 0 Å². The van der Waals surface area contributed by atoms with Crippen molar-refractivity contribution < 1.29 is 0 Å². The molecule has 0 fully saturated rings. The van der Waals surface area contributed by atoms with Crippen LogP contribution in [0.15, 0.2) is 48.5 Å². The van der Waals surface area contributed by atoms with Gasteiger partial charge in [0.15, 0.2) is 0 Å². The van der Waals surface area contributed by atoms with E-state index in [-0.39, 0.29) is 0 Å². The van der Waals surface area contributed by atoms with Gasteiger partial charge in [0.1, 0.15) is 0 Å². The Bertz CT molecular complexity index is 608. The van der Waals surface area contributed by atoms with Crippen LogP contribution in [-0.2, 0) is 12.2 Å². The molecule has 0 heterocycles. The van der Waals surface area contributed by atoms with Gasteiger partial charge in [0.25, 0.3) is 0 Å². The Hall–Kier alpha value is -1.25. The van der Waals surface area contributed by atoms with Crippen molar-refractivity contribution in [3.8, 4) is 0 Å². The lowest BCUT2D eigenvalue weighted by atomic mass is 9.87. The molecule has 0 saturated heterocycles. The summed E-state index contributed by atoms with van der Waals surface area (Å²) < 4.78 is 0. The number of fused-ring (bicyclic) bond motifs is 1. The second-order valence-corrected chi connectivity index (χ2v) is 7.07. The molecule has 1 nitrogen and oxygen atoms in total. The lowest BCUT2D eigenvalue weighted by molar-refractivity contribution is 0.510. The van der Waals surface area contributed by atoms with E-state index in [4.69, 9.17) is 0 Å². The largest absolute Gasteiger partial charge is 0.312 e. The van der Waals surface area contributed by atoms with Gasteiger partial charge < -0.3 is 5.32 Å². The summed E-state index contributed by atoms with van der Waals surface area (Å²) in [7, 11) is 2.09. The molecular weight excluding hydrogens is 274 g/mol. The van der Waals surface area contributed by atoms with E-state index in [0.717, 1.165) is 5.75 Å². The average molecular weight is 297 g/mol. The zero-order chi connectivity index (χ0) is 14.7. The number of rotatable bonds is 4. The lowest BCUT2D eigenvalue weighted by Gasteiger charge is -2.33. The number of thioether (sulfide) groups is 1. The highest BCUT2D eigenvalue weighted by atomic mass is 32.2. The van der Waals surface area contributed by atoms with Crippen molar-refractivity contribution in [3.63, 3.8) is 0 Å². The van der Waals surface area contributed by atoms with Gasteiger partial charge in [-0.3, -0.25) is 0 Å². The Morgan fingerprint density at radius 1 is 1.14 bits per heavy atom. The number of nitrogens with one attached hydrogen (secondary N) is 1. The third-order valence-electron chi connectivity index (χ3n) is 4.32. The van der Waals surface area contributed by atoms with Crippen molar-refractivity contribution in [3.05, 3.63) is 70.8 Å². The summed E-state index contributed by atoms with van der Waals surface area (Å²) in [6, 6.07) is 18.2. The fourth-order valence-electron chi connectivity index (χ4n) is 3.26. The monoisotopic (exact) mass is 297 g/mol. The Labute approximate surface area is 132 Å². The number of hydrogen-bond donors (Lipinski definition) is 1. The van der Waals surface area contributed by atoms with Crippen LogP contribution in [0.1, 0.15) is 34.7 Å². The second-order valence-electron chi connectivity index (χ2n) is 5.84. The highest BCUT2D eigenvalue weighted by molar-refractivity contribution is 7.99. The number of benzene rings is 2. The van der Waals surface area contributed by atoms with Crippen molar-refractivity contribution in [2.24, 2.45) is 0 Å². The van der Waals surface area contributed by atoms with Crippen LogP contribution in [0.25, 0.3) is 0 Å². The van der Waals surface area contributed by atoms with E-state index in [1.54, 1.807) is 0 Å². The maximum absolute atomic E-state index is 3.54. The van der Waals surface area contributed by atoms with E-state index in [1.807, 2.05) is 0 Å². The van der Waals surface area contributed by atoms with Crippen LogP contribution in [0.4, 0.5) is 0 Å². The Morgan fingerprint density at radius 3 is 2.81 bits per heavy atom. The van der Waals surface area contributed by atoms with E-state index < -0.39 is 0 Å². The van der Waals surface area contributed by atoms with Crippen molar-refractivity contribution in [2.75, 3.05) is 7.05 Å². The normalized spacial score (nSPS) is 21.0. The van der Waals surface area contributed by atoms with Gasteiger partial charge in [0, 0.05) is 17.0 Å². The van der Waals surface area contributed by atoms with Crippen molar-refractivity contribution >= 4 is 11.8 Å². The quantitative estimate of drug-likeness (QED) is 0.891. The zero-order valence-corrected chi connectivity index (χ0v) is 13.6. The van der Waals surface area contributed by atoms with Crippen LogP contribution in [0.5, 0.6) is 0 Å². The fraction of sp³-hybridized carbons (Fsp3) is 0.368. The fourth-order valence-corrected chi connectivity index (χ4v) is 4.60. The van der Waals surface area contributed by atoms with Crippen molar-refractivity contribution in [1.82, 2.24) is 5.32 Å². The molecule has 3 rings (SSSR count). The predicted octanol–water partition coefficient (Wildman–Crippen LogP) is 4.50. The predicted molar refractivity (Wildman–Crippen MR) is 92.8 cm³/mol. The Morgan fingerprint density at radius 2 is 2.00 bits per heavy atom. The van der Waals surface area contributed by atoms with Crippen molar-refractivity contribution in [2.45, 2.75) is 36.8 Å². The summed E-state index contributed by atoms with van der Waals surface area (Å²) >= 11 is 2.09. The van der Waals surface area contributed by atoms with Crippen LogP contribution in [0.3, 0.4) is 0 Å². The molecule has 2 aromatic rings. The molecule has 0 spiro atoms. The van der Waals surface area contributed by atoms with E-state index in [1.165, 1.54) is 35.1 Å². The smallest absolute Gasteiger partial charge is 0.0441 e. The molecule has 0 amide bonds. The van der Waals surface area contributed by atoms with Gasteiger partial charge in [-0.05, 0) is 43.5 Å². The first-order valence-electron chi connectivity index (χ1n) is 7.70. The van der Waals surface area contributed by atoms with Crippen LogP contribution in [0, 0.1) is 6.92 Å². The third-order valence-corrected chi connectivity index (χ3v) is 5.75. The second kappa shape index (κ2) is 6.67. The number of aryl methyl sites for hydroxylation is 2. The lowest BCUT2D eigenvalue weighted by Crippen LogP contribution is -2.32. The molecule has 21 heavy (non-hydrogen) atoms. The third kappa shape index (κ3) is 3.33. The van der Waals surface area contributed by atoms with E-state index in [2.05, 4.69) is 79.6 Å². The van der Waals surface area contributed by atoms with E-state index in [0.29, 0.717) is 11.3 Å². The maximum atomic E-state index is 3.54. The van der Waals surface area contributed by atoms with Crippen molar-refractivity contribution in [1.29, 1.82) is 0 Å². The molecule has 0 aromatic heterocycles. The zero-order valence-electron chi connectivity index (χ0n) is 12.8. The molecule has 110 valence electrons. The molecule has 0 radical (unpaired) electrons. The first-order chi connectivity index (χ1) is 10.3. The number of hydrogen-bond acceptors (Lipinski definition) is 2. The molecule has 1 aliphatic carbocycles. The van der Waals surface area contributed by atoms with E-state index >= 15 is 0 Å². The summed E-state index contributed by atoms with van der Waals surface area (Å²) in [5.74, 6) is 1.10. The highest BCUT2D eigenvalue weighted by Gasteiger charge is 2.28. The summed E-state index contributed by atoms with van der Waals surface area (Å²) in [5.41, 5.74) is 5.80. The minimum Gasteiger partial charge on any atom is -0.312 e. The van der Waals surface area contributed by atoms with Gasteiger partial charge in [-0.2, -0.15) is 11.8 Å². The van der Waals surface area contributed by atoms with Crippen LogP contribution < -0.4 is 5.32 Å². The first-order valence-corrected chi connectivity index (χ1v) is 8.75. The van der Waals surface area contributed by atoms with Crippen LogP contribution >= 0.6 is 11.8 Å². The van der Waals surface area contributed by atoms with Crippen LogP contribution in [0.2, 0.25) is 0 Å². The molecule has 0 saturated carbocycles. The molecule has 1 aliphatic rings. The maximum Gasteiger partial charge on any atom is 0.0441 e. The molecule has 0 bridgehead atoms. The van der Waals surface area contributed by atoms with E-state index in [9.17, 15) is 0 Å². The first kappa shape index (κ1) is 14.7. The Kier molecular flexibility index (Phi) is 4.67. The molecule has 2 unspecified atom stereocenters. The molecule has 0 aliphatic heterocycles. The summed E-state index contributed by atoms with van der Waals surface area (Å²) in [6.07, 6.45) is 2.47. The standard InChI is InChI=1S/C19H23NS/c1-14-6-5-7-15(12-14)13-21-18-11-10-16-8-3-4-9-17(16)19(18)20-2/h3-9,12,18-20H,10-11,13H2,1-2H3. The van der Waals surface area contributed by atoms with Gasteiger partial charge in [0.05, 0.1) is 0 Å². The molecule has 2 heteroatoms. The molecule has 2 aromatic carbocycles. The van der Waals surface area contributed by atoms with Gasteiger partial charge in [-0.1, -0.05) is 54.1 Å². The minimum absolute atomic E-state index is 0.477. The topological polar surface area (TPSA) is 12.0 Å². The molecular formula is C19H23NS. The molecule has 1 N–H and O–H groups in total. The SMILES string of the molecule is CNC1c2ccccc2CCC1SCc1cccc(C)c1. The molecule has 2 atom stereocenters.